The predicted octanol–water partition coefficient (Wildman–Crippen LogP) is 1.78. The van der Waals surface area contributed by atoms with E-state index in [1.165, 1.54) is 6.07 Å². The Morgan fingerprint density at radius 1 is 1.22 bits per heavy atom. The first-order valence-electron chi connectivity index (χ1n) is 5.63. The van der Waals surface area contributed by atoms with Gasteiger partial charge in [0.15, 0.2) is 0 Å². The summed E-state index contributed by atoms with van der Waals surface area (Å²) < 4.78 is 22.4. The van der Waals surface area contributed by atoms with Crippen molar-refractivity contribution < 1.29 is 23.5 Å². The van der Waals surface area contributed by atoms with Gasteiger partial charge in [-0.05, 0) is 31.0 Å². The molecule has 1 aromatic carbocycles. The Kier molecular flexibility index (Phi) is 5.30. The van der Waals surface area contributed by atoms with Crippen molar-refractivity contribution in [3.05, 3.63) is 35.1 Å². The van der Waals surface area contributed by atoms with E-state index >= 15 is 0 Å². The third-order valence-electron chi connectivity index (χ3n) is 2.30. The van der Waals surface area contributed by atoms with Crippen LogP contribution < -0.4 is 0 Å². The molecule has 1 rings (SSSR count). The Balaban J connectivity index is 2.39. The number of hydrogen-bond donors (Lipinski definition) is 0. The molecule has 0 amide bonds. The van der Waals surface area contributed by atoms with Crippen molar-refractivity contribution >= 4 is 11.9 Å². The van der Waals surface area contributed by atoms with Crippen LogP contribution in [0.3, 0.4) is 0 Å². The summed E-state index contributed by atoms with van der Waals surface area (Å²) in [6.45, 7) is 3.40. The van der Waals surface area contributed by atoms with Gasteiger partial charge in [-0.25, -0.2) is 14.0 Å². The van der Waals surface area contributed by atoms with Crippen LogP contribution in [0.4, 0.5) is 4.39 Å². The third kappa shape index (κ3) is 4.16. The van der Waals surface area contributed by atoms with Gasteiger partial charge in [-0.3, -0.25) is 0 Å². The Morgan fingerprint density at radius 3 is 2.50 bits per heavy atom. The average molecular weight is 254 g/mol. The van der Waals surface area contributed by atoms with Crippen LogP contribution in [-0.4, -0.2) is 25.2 Å². The van der Waals surface area contributed by atoms with Crippen LogP contribution in [0.1, 0.15) is 18.1 Å². The summed E-state index contributed by atoms with van der Waals surface area (Å²) in [5, 5.41) is 0. The van der Waals surface area contributed by atoms with Gasteiger partial charge in [0.25, 0.3) is 0 Å². The van der Waals surface area contributed by atoms with Crippen LogP contribution >= 0.6 is 0 Å². The fourth-order valence-corrected chi connectivity index (χ4v) is 1.30. The van der Waals surface area contributed by atoms with Gasteiger partial charge in [0.05, 0.1) is 13.2 Å². The molecular weight excluding hydrogens is 239 g/mol. The van der Waals surface area contributed by atoms with Crippen LogP contribution in [0.2, 0.25) is 0 Å². The molecular formula is C13H15FO4. The van der Waals surface area contributed by atoms with E-state index in [2.05, 4.69) is 4.74 Å². The first kappa shape index (κ1) is 14.2. The van der Waals surface area contributed by atoms with Crippen LogP contribution in [-0.2, 0) is 25.5 Å². The predicted molar refractivity (Wildman–Crippen MR) is 62.4 cm³/mol. The first-order chi connectivity index (χ1) is 8.54. The zero-order chi connectivity index (χ0) is 13.5. The van der Waals surface area contributed by atoms with Crippen molar-refractivity contribution in [2.45, 2.75) is 20.3 Å². The van der Waals surface area contributed by atoms with E-state index in [1.807, 2.05) is 0 Å². The molecule has 18 heavy (non-hydrogen) atoms. The number of benzene rings is 1. The Morgan fingerprint density at radius 2 is 1.89 bits per heavy atom. The van der Waals surface area contributed by atoms with Crippen LogP contribution in [0.25, 0.3) is 0 Å². The van der Waals surface area contributed by atoms with Crippen molar-refractivity contribution in [2.24, 2.45) is 0 Å². The van der Waals surface area contributed by atoms with Gasteiger partial charge in [0.1, 0.15) is 5.82 Å². The van der Waals surface area contributed by atoms with Crippen LogP contribution in [0, 0.1) is 12.7 Å². The van der Waals surface area contributed by atoms with Gasteiger partial charge in [-0.1, -0.05) is 12.1 Å². The fraction of sp³-hybridized carbons (Fsp3) is 0.385. The molecule has 0 fully saturated rings. The second-order valence-electron chi connectivity index (χ2n) is 3.69. The highest BCUT2D eigenvalue weighted by Crippen LogP contribution is 2.09. The molecule has 0 heterocycles. The smallest absolute Gasteiger partial charge is 0.417 e. The van der Waals surface area contributed by atoms with Crippen molar-refractivity contribution in [2.75, 3.05) is 13.2 Å². The Bertz CT molecular complexity index is 443. The molecule has 4 nitrogen and oxygen atoms in total. The number of aryl methyl sites for hydroxylation is 1. The molecule has 0 bridgehead atoms. The molecule has 0 unspecified atom stereocenters. The molecule has 0 aliphatic carbocycles. The standard InChI is InChI=1S/C13H15FO4/c1-3-17-12(15)13(16)18-7-6-10-5-4-9(2)11(14)8-10/h4-5,8H,3,6-7H2,1-2H3. The molecule has 98 valence electrons. The number of carbonyl (C=O) groups excluding carboxylic acids is 2. The van der Waals surface area contributed by atoms with Crippen molar-refractivity contribution in [3.8, 4) is 0 Å². The normalized spacial score (nSPS) is 9.94. The minimum Gasteiger partial charge on any atom is -0.458 e. The molecule has 0 saturated carbocycles. The van der Waals surface area contributed by atoms with Gasteiger partial charge in [-0.2, -0.15) is 0 Å². The number of carbonyl (C=O) groups is 2. The average Bonchev–Trinajstić information content (AvgIpc) is 2.34. The molecule has 5 heteroatoms. The van der Waals surface area contributed by atoms with Crippen molar-refractivity contribution in [1.82, 2.24) is 0 Å². The summed E-state index contributed by atoms with van der Waals surface area (Å²) in [7, 11) is 0. The van der Waals surface area contributed by atoms with Gasteiger partial charge in [-0.15, -0.1) is 0 Å². The van der Waals surface area contributed by atoms with E-state index in [0.717, 1.165) is 0 Å². The van der Waals surface area contributed by atoms with Gasteiger partial charge >= 0.3 is 11.9 Å². The van der Waals surface area contributed by atoms with Crippen molar-refractivity contribution in [1.29, 1.82) is 0 Å². The topological polar surface area (TPSA) is 52.6 Å². The van der Waals surface area contributed by atoms with Crippen LogP contribution in [0.5, 0.6) is 0 Å². The molecule has 0 aliphatic heterocycles. The molecule has 0 radical (unpaired) electrons. The second kappa shape index (κ2) is 6.74. The van der Waals surface area contributed by atoms with E-state index in [0.29, 0.717) is 17.5 Å². The summed E-state index contributed by atoms with van der Waals surface area (Å²) in [5.41, 5.74) is 1.26. The number of hydrogen-bond acceptors (Lipinski definition) is 4. The molecule has 1 aromatic rings. The highest BCUT2D eigenvalue weighted by atomic mass is 19.1. The molecule has 0 N–H and O–H groups in total. The minimum atomic E-state index is -1.02. The lowest BCUT2D eigenvalue weighted by molar-refractivity contribution is -0.167. The zero-order valence-electron chi connectivity index (χ0n) is 10.4. The number of rotatable bonds is 4. The minimum absolute atomic E-state index is 0.0140. The summed E-state index contributed by atoms with van der Waals surface area (Å²) in [4.78, 5) is 22.0. The third-order valence-corrected chi connectivity index (χ3v) is 2.30. The molecule has 0 atom stereocenters. The second-order valence-corrected chi connectivity index (χ2v) is 3.69. The maximum absolute atomic E-state index is 13.2. The monoisotopic (exact) mass is 254 g/mol. The molecule has 0 aromatic heterocycles. The fourth-order valence-electron chi connectivity index (χ4n) is 1.30. The van der Waals surface area contributed by atoms with Crippen molar-refractivity contribution in [3.63, 3.8) is 0 Å². The van der Waals surface area contributed by atoms with Crippen LogP contribution in [0.15, 0.2) is 18.2 Å². The Labute approximate surface area is 105 Å². The lowest BCUT2D eigenvalue weighted by atomic mass is 10.1. The summed E-state index contributed by atoms with van der Waals surface area (Å²) in [6.07, 6.45) is 0.350. The lowest BCUT2D eigenvalue weighted by Gasteiger charge is -2.05. The largest absolute Gasteiger partial charge is 0.458 e. The highest BCUT2D eigenvalue weighted by molar-refractivity contribution is 6.29. The maximum atomic E-state index is 13.2. The summed E-state index contributed by atoms with van der Waals surface area (Å²) in [5.74, 6) is -2.33. The van der Waals surface area contributed by atoms with Gasteiger partial charge in [0, 0.05) is 6.42 Å². The Hall–Kier alpha value is -1.91. The van der Waals surface area contributed by atoms with Gasteiger partial charge in [0.2, 0.25) is 0 Å². The lowest BCUT2D eigenvalue weighted by Crippen LogP contribution is -2.21. The number of esters is 2. The highest BCUT2D eigenvalue weighted by Gasteiger charge is 2.16. The summed E-state index contributed by atoms with van der Waals surface area (Å²) >= 11 is 0. The molecule has 0 saturated heterocycles. The van der Waals surface area contributed by atoms with E-state index in [1.54, 1.807) is 26.0 Å². The van der Waals surface area contributed by atoms with E-state index < -0.39 is 11.9 Å². The van der Waals surface area contributed by atoms with Gasteiger partial charge < -0.3 is 9.47 Å². The van der Waals surface area contributed by atoms with E-state index in [-0.39, 0.29) is 19.0 Å². The quantitative estimate of drug-likeness (QED) is 0.607. The number of ether oxygens (including phenoxy) is 2. The SMILES string of the molecule is CCOC(=O)C(=O)OCCc1ccc(C)c(F)c1. The first-order valence-corrected chi connectivity index (χ1v) is 5.63. The molecule has 0 spiro atoms. The van der Waals surface area contributed by atoms with E-state index in [4.69, 9.17) is 4.74 Å². The summed E-state index contributed by atoms with van der Waals surface area (Å²) in [6, 6.07) is 4.78. The molecule has 0 aliphatic rings. The maximum Gasteiger partial charge on any atom is 0.417 e. The van der Waals surface area contributed by atoms with E-state index in [9.17, 15) is 14.0 Å². The number of halogens is 1. The zero-order valence-corrected chi connectivity index (χ0v) is 10.4.